The predicted octanol–water partition coefficient (Wildman–Crippen LogP) is -0.330. The van der Waals surface area contributed by atoms with Crippen LogP contribution in [0.25, 0.3) is 0 Å². The van der Waals surface area contributed by atoms with Gasteiger partial charge in [-0.1, -0.05) is 27.7 Å². The molecule has 4 amide bonds. The Kier molecular flexibility index (Phi) is 6.65. The summed E-state index contributed by atoms with van der Waals surface area (Å²) in [7, 11) is 3.01. The molecule has 0 saturated carbocycles. The largest absolute Gasteiger partial charge is 0.357 e. The number of rotatable bonds is 7. The fourth-order valence-corrected chi connectivity index (χ4v) is 2.66. The summed E-state index contributed by atoms with van der Waals surface area (Å²) in [5.74, 6) is -1.99. The van der Waals surface area contributed by atoms with Crippen molar-refractivity contribution in [2.45, 2.75) is 39.8 Å². The van der Waals surface area contributed by atoms with Gasteiger partial charge in [-0.25, -0.2) is 10.0 Å². The van der Waals surface area contributed by atoms with Crippen LogP contribution in [0.5, 0.6) is 0 Å². The molecule has 2 atom stereocenters. The first-order valence-corrected chi connectivity index (χ1v) is 7.92. The molecule has 0 saturated heterocycles. The molecule has 0 fully saturated rings. The van der Waals surface area contributed by atoms with Gasteiger partial charge in [0.05, 0.1) is 0 Å². The number of imide groups is 1. The topological polar surface area (TPSA) is 98.8 Å². The Hall–Kier alpha value is -2.22. The fourth-order valence-electron chi connectivity index (χ4n) is 2.66. The van der Waals surface area contributed by atoms with Gasteiger partial charge in [-0.3, -0.25) is 19.2 Å². The van der Waals surface area contributed by atoms with Crippen molar-refractivity contribution >= 4 is 23.6 Å². The van der Waals surface area contributed by atoms with Gasteiger partial charge in [-0.2, -0.15) is 0 Å². The molecule has 1 rings (SSSR count). The standard InChI is InChI=1S/C16H26N4O4/c1-9(2)13(15(23)17-5)18-16(24)14(10(3)4)19(6)20-11(21)7-8-12(20)22/h7-10,13-14H,1-6H3,(H,17,23)(H,18,24)/t13-,14-/m0/s1. The Balaban J connectivity index is 2.98. The highest BCUT2D eigenvalue weighted by molar-refractivity contribution is 6.12. The molecule has 8 heteroatoms. The average molecular weight is 338 g/mol. The maximum absolute atomic E-state index is 12.7. The van der Waals surface area contributed by atoms with Crippen molar-refractivity contribution in [3.8, 4) is 0 Å². The van der Waals surface area contributed by atoms with Gasteiger partial charge in [0.1, 0.15) is 12.1 Å². The summed E-state index contributed by atoms with van der Waals surface area (Å²) in [6, 6.07) is -1.47. The third-order valence-electron chi connectivity index (χ3n) is 3.90. The highest BCUT2D eigenvalue weighted by Crippen LogP contribution is 2.17. The number of nitrogens with one attached hydrogen (secondary N) is 2. The number of hydrogen-bond donors (Lipinski definition) is 2. The maximum atomic E-state index is 12.7. The molecular formula is C16H26N4O4. The van der Waals surface area contributed by atoms with Crippen LogP contribution in [0.2, 0.25) is 0 Å². The van der Waals surface area contributed by atoms with E-state index in [1.807, 2.05) is 27.7 Å². The van der Waals surface area contributed by atoms with Crippen molar-refractivity contribution in [2.24, 2.45) is 11.8 Å². The molecule has 8 nitrogen and oxygen atoms in total. The van der Waals surface area contributed by atoms with Gasteiger partial charge in [0, 0.05) is 26.2 Å². The van der Waals surface area contributed by atoms with Crippen LogP contribution in [0, 0.1) is 11.8 Å². The normalized spacial score (nSPS) is 17.0. The van der Waals surface area contributed by atoms with Crippen molar-refractivity contribution in [3.05, 3.63) is 12.2 Å². The first-order chi connectivity index (χ1) is 11.1. The van der Waals surface area contributed by atoms with E-state index in [-0.39, 0.29) is 17.7 Å². The summed E-state index contributed by atoms with van der Waals surface area (Å²) in [5.41, 5.74) is 0. The average Bonchev–Trinajstić information content (AvgIpc) is 2.82. The van der Waals surface area contributed by atoms with E-state index in [0.717, 1.165) is 17.2 Å². The van der Waals surface area contributed by atoms with Gasteiger partial charge in [-0.05, 0) is 11.8 Å². The van der Waals surface area contributed by atoms with Crippen molar-refractivity contribution in [1.82, 2.24) is 20.7 Å². The monoisotopic (exact) mass is 338 g/mol. The second-order valence-electron chi connectivity index (χ2n) is 6.43. The van der Waals surface area contributed by atoms with E-state index < -0.39 is 29.8 Å². The smallest absolute Gasteiger partial charge is 0.268 e. The highest BCUT2D eigenvalue weighted by Gasteiger charge is 2.38. The van der Waals surface area contributed by atoms with Gasteiger partial charge < -0.3 is 10.6 Å². The first kappa shape index (κ1) is 19.8. The van der Waals surface area contributed by atoms with Gasteiger partial charge in [-0.15, -0.1) is 0 Å². The van der Waals surface area contributed by atoms with E-state index in [9.17, 15) is 19.2 Å². The second kappa shape index (κ2) is 8.05. The van der Waals surface area contributed by atoms with E-state index >= 15 is 0 Å². The van der Waals surface area contributed by atoms with Crippen LogP contribution in [0.3, 0.4) is 0 Å². The Bertz CT molecular complexity index is 538. The van der Waals surface area contributed by atoms with E-state index in [0.29, 0.717) is 0 Å². The van der Waals surface area contributed by atoms with Crippen LogP contribution in [-0.2, 0) is 19.2 Å². The number of nitrogens with zero attached hydrogens (tertiary/aromatic N) is 2. The van der Waals surface area contributed by atoms with Crippen molar-refractivity contribution in [1.29, 1.82) is 0 Å². The lowest BCUT2D eigenvalue weighted by atomic mass is 9.99. The summed E-state index contributed by atoms with van der Waals surface area (Å²) in [6.45, 7) is 7.27. The lowest BCUT2D eigenvalue weighted by Crippen LogP contribution is -2.60. The predicted molar refractivity (Wildman–Crippen MR) is 88.2 cm³/mol. The number of likely N-dealkylation sites (N-methyl/N-ethyl adjacent to an activating group) is 2. The molecule has 0 bridgehead atoms. The molecule has 0 aromatic heterocycles. The third-order valence-corrected chi connectivity index (χ3v) is 3.90. The Labute approximate surface area is 142 Å². The van der Waals surface area contributed by atoms with Crippen LogP contribution >= 0.6 is 0 Å². The summed E-state index contributed by atoms with van der Waals surface area (Å²) in [6.07, 6.45) is 2.32. The number of amides is 4. The quantitative estimate of drug-likeness (QED) is 0.619. The molecule has 0 spiro atoms. The molecule has 1 heterocycles. The maximum Gasteiger partial charge on any atom is 0.268 e. The Morgan fingerprint density at radius 3 is 1.88 bits per heavy atom. The zero-order valence-electron chi connectivity index (χ0n) is 15.0. The molecule has 1 aliphatic rings. The van der Waals surface area contributed by atoms with Crippen LogP contribution in [0.1, 0.15) is 27.7 Å². The molecule has 2 N–H and O–H groups in total. The molecule has 24 heavy (non-hydrogen) atoms. The Morgan fingerprint density at radius 1 is 1.00 bits per heavy atom. The van der Waals surface area contributed by atoms with E-state index in [2.05, 4.69) is 10.6 Å². The zero-order chi connectivity index (χ0) is 18.6. The van der Waals surface area contributed by atoms with Gasteiger partial charge in [0.2, 0.25) is 11.8 Å². The van der Waals surface area contributed by atoms with Gasteiger partial charge in [0.25, 0.3) is 11.8 Å². The first-order valence-electron chi connectivity index (χ1n) is 7.92. The summed E-state index contributed by atoms with van der Waals surface area (Å²) >= 11 is 0. The SMILES string of the molecule is CNC(=O)[C@@H](NC(=O)[C@H](C(C)C)N(C)N1C(=O)C=CC1=O)C(C)C. The summed E-state index contributed by atoms with van der Waals surface area (Å²) in [5, 5.41) is 7.49. The van der Waals surface area contributed by atoms with Crippen molar-refractivity contribution in [3.63, 3.8) is 0 Å². The third kappa shape index (κ3) is 4.19. The number of carbonyl (C=O) groups excluding carboxylic acids is 4. The number of hydrazine groups is 1. The van der Waals surface area contributed by atoms with Crippen LogP contribution in [-0.4, -0.2) is 59.8 Å². The number of hydrogen-bond acceptors (Lipinski definition) is 5. The van der Waals surface area contributed by atoms with Gasteiger partial charge >= 0.3 is 0 Å². The van der Waals surface area contributed by atoms with Gasteiger partial charge in [0.15, 0.2) is 0 Å². The fraction of sp³-hybridized carbons (Fsp3) is 0.625. The molecule has 0 aromatic rings. The lowest BCUT2D eigenvalue weighted by Gasteiger charge is -2.36. The van der Waals surface area contributed by atoms with Crippen LogP contribution < -0.4 is 10.6 Å². The minimum atomic E-state index is -0.774. The second-order valence-corrected chi connectivity index (χ2v) is 6.43. The van der Waals surface area contributed by atoms with E-state index in [4.69, 9.17) is 0 Å². The summed E-state index contributed by atoms with van der Waals surface area (Å²) < 4.78 is 0. The van der Waals surface area contributed by atoms with Crippen LogP contribution in [0.15, 0.2) is 12.2 Å². The molecule has 134 valence electrons. The molecular weight excluding hydrogens is 312 g/mol. The molecule has 0 radical (unpaired) electrons. The van der Waals surface area contributed by atoms with E-state index in [1.165, 1.54) is 19.1 Å². The molecule has 1 aliphatic heterocycles. The molecule has 0 aromatic carbocycles. The lowest BCUT2D eigenvalue weighted by molar-refractivity contribution is -0.161. The molecule has 0 aliphatic carbocycles. The van der Waals surface area contributed by atoms with Crippen molar-refractivity contribution in [2.75, 3.05) is 14.1 Å². The molecule has 0 unspecified atom stereocenters. The zero-order valence-corrected chi connectivity index (χ0v) is 15.0. The minimum Gasteiger partial charge on any atom is -0.357 e. The number of carbonyl (C=O) groups is 4. The minimum absolute atomic E-state index is 0.108. The summed E-state index contributed by atoms with van der Waals surface area (Å²) in [4.78, 5) is 48.4. The van der Waals surface area contributed by atoms with Crippen LogP contribution in [0.4, 0.5) is 0 Å². The highest BCUT2D eigenvalue weighted by atomic mass is 16.2. The van der Waals surface area contributed by atoms with E-state index in [1.54, 1.807) is 0 Å². The Morgan fingerprint density at radius 2 is 1.50 bits per heavy atom. The van der Waals surface area contributed by atoms with Crippen molar-refractivity contribution < 1.29 is 19.2 Å².